The SMILES string of the molecule is Cc1ccc(C(=O)ONc2ccc(N=NC(=O)c3cc(C(C)(C)C)c(O)c(C(C)(C)C)c3)cc2)cc1. The number of hydrogen-bond donors (Lipinski definition) is 2. The molecular formula is C29H33N3O4. The van der Waals surface area contributed by atoms with Crippen LogP contribution >= 0.6 is 0 Å². The van der Waals surface area contributed by atoms with Gasteiger partial charge in [-0.25, -0.2) is 10.3 Å². The van der Waals surface area contributed by atoms with Crippen LogP contribution in [0, 0.1) is 6.92 Å². The molecule has 0 heterocycles. The summed E-state index contributed by atoms with van der Waals surface area (Å²) in [6.45, 7) is 13.8. The first-order chi connectivity index (χ1) is 16.8. The third-order valence-electron chi connectivity index (χ3n) is 5.65. The van der Waals surface area contributed by atoms with Crippen molar-refractivity contribution in [2.75, 3.05) is 5.48 Å². The first kappa shape index (κ1) is 26.6. The monoisotopic (exact) mass is 487 g/mol. The topological polar surface area (TPSA) is 100 Å². The van der Waals surface area contributed by atoms with Crippen LogP contribution in [0.15, 0.2) is 70.9 Å². The predicted molar refractivity (Wildman–Crippen MR) is 141 cm³/mol. The zero-order valence-corrected chi connectivity index (χ0v) is 21.8. The first-order valence-electron chi connectivity index (χ1n) is 11.7. The molecule has 36 heavy (non-hydrogen) atoms. The van der Waals surface area contributed by atoms with Crippen molar-refractivity contribution >= 4 is 23.3 Å². The Labute approximate surface area is 212 Å². The number of nitrogens with one attached hydrogen (secondary N) is 1. The van der Waals surface area contributed by atoms with E-state index in [1.54, 1.807) is 48.5 Å². The Morgan fingerprint density at radius 2 is 1.33 bits per heavy atom. The van der Waals surface area contributed by atoms with Crippen molar-refractivity contribution in [3.05, 3.63) is 88.5 Å². The Kier molecular flexibility index (Phi) is 7.62. The highest BCUT2D eigenvalue weighted by Crippen LogP contribution is 2.40. The number of carbonyl (C=O) groups excluding carboxylic acids is 2. The van der Waals surface area contributed by atoms with Crippen molar-refractivity contribution in [3.63, 3.8) is 0 Å². The number of azo groups is 1. The molecule has 7 heteroatoms. The number of aryl methyl sites for hydroxylation is 1. The van der Waals surface area contributed by atoms with Crippen LogP contribution in [-0.2, 0) is 15.7 Å². The summed E-state index contributed by atoms with van der Waals surface area (Å²) in [5, 5.41) is 18.8. The molecule has 0 aliphatic rings. The molecule has 0 saturated carbocycles. The molecule has 0 saturated heterocycles. The minimum Gasteiger partial charge on any atom is -0.507 e. The Hall–Kier alpha value is -4.00. The van der Waals surface area contributed by atoms with Gasteiger partial charge in [0.2, 0.25) is 0 Å². The zero-order chi connectivity index (χ0) is 26.7. The minimum atomic E-state index is -0.500. The number of benzene rings is 3. The van der Waals surface area contributed by atoms with E-state index < -0.39 is 11.9 Å². The highest BCUT2D eigenvalue weighted by atomic mass is 16.7. The van der Waals surface area contributed by atoms with E-state index in [2.05, 4.69) is 15.7 Å². The molecule has 0 fully saturated rings. The predicted octanol–water partition coefficient (Wildman–Crippen LogP) is 7.40. The van der Waals surface area contributed by atoms with Crippen LogP contribution in [0.1, 0.15) is 78.9 Å². The van der Waals surface area contributed by atoms with Gasteiger partial charge in [-0.3, -0.25) is 4.79 Å². The van der Waals surface area contributed by atoms with Gasteiger partial charge >= 0.3 is 5.97 Å². The van der Waals surface area contributed by atoms with E-state index in [0.29, 0.717) is 33.6 Å². The fourth-order valence-electron chi connectivity index (χ4n) is 3.51. The van der Waals surface area contributed by atoms with Crippen LogP contribution in [-0.4, -0.2) is 17.0 Å². The summed E-state index contributed by atoms with van der Waals surface area (Å²) < 4.78 is 0. The molecule has 3 aromatic carbocycles. The maximum Gasteiger partial charge on any atom is 0.362 e. The summed E-state index contributed by atoms with van der Waals surface area (Å²) >= 11 is 0. The number of rotatable bonds is 5. The number of nitrogens with zero attached hydrogens (tertiary/aromatic N) is 2. The van der Waals surface area contributed by atoms with E-state index in [-0.39, 0.29) is 16.6 Å². The molecule has 3 rings (SSSR count). The molecule has 0 spiro atoms. The van der Waals surface area contributed by atoms with Gasteiger partial charge in [0.05, 0.1) is 16.9 Å². The fourth-order valence-corrected chi connectivity index (χ4v) is 3.51. The first-order valence-corrected chi connectivity index (χ1v) is 11.7. The second kappa shape index (κ2) is 10.3. The van der Waals surface area contributed by atoms with Gasteiger partial charge in [-0.1, -0.05) is 59.2 Å². The Morgan fingerprint density at radius 1 is 0.806 bits per heavy atom. The minimum absolute atomic E-state index is 0.203. The number of hydrogen-bond acceptors (Lipinski definition) is 6. The van der Waals surface area contributed by atoms with E-state index in [9.17, 15) is 14.7 Å². The summed E-state index contributed by atoms with van der Waals surface area (Å²) in [5.41, 5.74) is 6.13. The van der Waals surface area contributed by atoms with Gasteiger partial charge in [-0.15, -0.1) is 10.2 Å². The van der Waals surface area contributed by atoms with E-state index in [1.807, 2.05) is 60.6 Å². The Morgan fingerprint density at radius 3 is 1.83 bits per heavy atom. The van der Waals surface area contributed by atoms with E-state index in [0.717, 1.165) is 5.56 Å². The fraction of sp³-hybridized carbons (Fsp3) is 0.310. The number of carbonyl (C=O) groups is 2. The summed E-state index contributed by atoms with van der Waals surface area (Å²) in [6, 6.07) is 17.1. The van der Waals surface area contributed by atoms with Crippen LogP contribution < -0.4 is 5.48 Å². The average Bonchev–Trinajstić information content (AvgIpc) is 2.80. The van der Waals surface area contributed by atoms with Crippen molar-refractivity contribution < 1.29 is 19.5 Å². The normalized spacial score (nSPS) is 12.0. The van der Waals surface area contributed by atoms with Gasteiger partial charge in [0.25, 0.3) is 5.91 Å². The summed E-state index contributed by atoms with van der Waals surface area (Å²) in [5.74, 6) is -0.794. The molecule has 0 aliphatic carbocycles. The molecule has 0 bridgehead atoms. The highest BCUT2D eigenvalue weighted by Gasteiger charge is 2.27. The molecular weight excluding hydrogens is 454 g/mol. The highest BCUT2D eigenvalue weighted by molar-refractivity contribution is 5.95. The molecule has 0 radical (unpaired) electrons. The third-order valence-corrected chi connectivity index (χ3v) is 5.65. The van der Waals surface area contributed by atoms with E-state index in [1.165, 1.54) is 0 Å². The molecule has 1 amide bonds. The maximum atomic E-state index is 12.9. The molecule has 7 nitrogen and oxygen atoms in total. The van der Waals surface area contributed by atoms with Gasteiger partial charge in [0, 0.05) is 16.7 Å². The molecule has 188 valence electrons. The lowest BCUT2D eigenvalue weighted by molar-refractivity contribution is 0.0596. The van der Waals surface area contributed by atoms with Crippen molar-refractivity contribution in [1.29, 1.82) is 0 Å². The van der Waals surface area contributed by atoms with Crippen LogP contribution in [0.3, 0.4) is 0 Å². The van der Waals surface area contributed by atoms with E-state index >= 15 is 0 Å². The lowest BCUT2D eigenvalue weighted by Gasteiger charge is -2.27. The molecule has 2 N–H and O–H groups in total. The number of amides is 1. The van der Waals surface area contributed by atoms with Crippen molar-refractivity contribution in [2.45, 2.75) is 59.3 Å². The van der Waals surface area contributed by atoms with Crippen molar-refractivity contribution in [1.82, 2.24) is 0 Å². The van der Waals surface area contributed by atoms with Crippen molar-refractivity contribution in [2.24, 2.45) is 10.2 Å². The van der Waals surface area contributed by atoms with Crippen LogP contribution in [0.2, 0.25) is 0 Å². The largest absolute Gasteiger partial charge is 0.507 e. The Balaban J connectivity index is 1.72. The lowest BCUT2D eigenvalue weighted by atomic mass is 9.78. The van der Waals surface area contributed by atoms with Gasteiger partial charge in [0.15, 0.2) is 0 Å². The summed E-state index contributed by atoms with van der Waals surface area (Å²) in [7, 11) is 0. The van der Waals surface area contributed by atoms with E-state index in [4.69, 9.17) is 4.84 Å². The smallest absolute Gasteiger partial charge is 0.362 e. The number of anilines is 1. The molecule has 0 aromatic heterocycles. The summed E-state index contributed by atoms with van der Waals surface area (Å²) in [4.78, 5) is 30.1. The number of aromatic hydroxyl groups is 1. The van der Waals surface area contributed by atoms with Crippen molar-refractivity contribution in [3.8, 4) is 5.75 Å². The molecule has 0 atom stereocenters. The maximum absolute atomic E-state index is 12.9. The van der Waals surface area contributed by atoms with Gasteiger partial charge < -0.3 is 9.94 Å². The molecule has 3 aromatic rings. The Bertz CT molecular complexity index is 1250. The van der Waals surface area contributed by atoms with Gasteiger partial charge in [-0.05, 0) is 66.3 Å². The third kappa shape index (κ3) is 6.56. The molecule has 0 unspecified atom stereocenters. The zero-order valence-electron chi connectivity index (χ0n) is 21.8. The number of phenols is 1. The molecule has 0 aliphatic heterocycles. The second-order valence-electron chi connectivity index (χ2n) is 10.8. The number of phenolic OH excluding ortho intramolecular Hbond substituents is 1. The quantitative estimate of drug-likeness (QED) is 0.288. The van der Waals surface area contributed by atoms with Gasteiger partial charge in [-0.2, -0.15) is 0 Å². The van der Waals surface area contributed by atoms with Crippen LogP contribution in [0.25, 0.3) is 0 Å². The van der Waals surface area contributed by atoms with Gasteiger partial charge in [0.1, 0.15) is 5.75 Å². The average molecular weight is 488 g/mol. The van der Waals surface area contributed by atoms with Crippen LogP contribution in [0.5, 0.6) is 5.75 Å². The standard InChI is InChI=1S/C29H33N3O4/c1-18-8-10-19(11-9-18)27(35)36-32-22-14-12-21(13-15-22)30-31-26(34)20-16-23(28(2,3)4)25(33)24(17-20)29(5,6)7/h8-17,32-33H,1-7H3. The second-order valence-corrected chi connectivity index (χ2v) is 10.8. The van der Waals surface area contributed by atoms with Crippen LogP contribution in [0.4, 0.5) is 11.4 Å². The lowest BCUT2D eigenvalue weighted by Crippen LogP contribution is -2.18. The summed E-state index contributed by atoms with van der Waals surface area (Å²) in [6.07, 6.45) is 0.